The van der Waals surface area contributed by atoms with E-state index in [0.717, 1.165) is 31.9 Å². The van der Waals surface area contributed by atoms with Gasteiger partial charge in [0, 0.05) is 50.5 Å². The molecule has 0 aromatic heterocycles. The van der Waals surface area contributed by atoms with Crippen LogP contribution in [0.25, 0.3) is 0 Å². The second kappa shape index (κ2) is 8.44. The van der Waals surface area contributed by atoms with Crippen LogP contribution in [0.1, 0.15) is 10.4 Å². The van der Waals surface area contributed by atoms with Gasteiger partial charge in [-0.1, -0.05) is 18.2 Å². The minimum atomic E-state index is -0.390. The number of non-ortho nitro benzene ring substituents is 1. The summed E-state index contributed by atoms with van der Waals surface area (Å²) in [5, 5.41) is 10.7. The number of nitrogens with zero attached hydrogens (tertiary/aromatic N) is 3. The fourth-order valence-electron chi connectivity index (χ4n) is 2.94. The maximum Gasteiger partial charge on any atom is 0.338 e. The number of anilines is 1. The van der Waals surface area contributed by atoms with Crippen LogP contribution < -0.4 is 4.90 Å². The van der Waals surface area contributed by atoms with E-state index >= 15 is 0 Å². The van der Waals surface area contributed by atoms with E-state index in [9.17, 15) is 14.9 Å². The lowest BCUT2D eigenvalue weighted by molar-refractivity contribution is -0.384. The predicted molar refractivity (Wildman–Crippen MR) is 98.5 cm³/mol. The summed E-state index contributed by atoms with van der Waals surface area (Å²) in [6.07, 6.45) is 0. The minimum absolute atomic E-state index is 0.104. The molecule has 0 N–H and O–H groups in total. The quantitative estimate of drug-likeness (QED) is 0.450. The molecule has 1 aliphatic heterocycles. The first-order valence-corrected chi connectivity index (χ1v) is 8.57. The van der Waals surface area contributed by atoms with Crippen molar-refractivity contribution in [3.05, 3.63) is 70.3 Å². The highest BCUT2D eigenvalue weighted by molar-refractivity contribution is 5.89. The average Bonchev–Trinajstić information content (AvgIpc) is 2.69. The van der Waals surface area contributed by atoms with E-state index in [-0.39, 0.29) is 11.7 Å². The van der Waals surface area contributed by atoms with Gasteiger partial charge < -0.3 is 9.64 Å². The van der Waals surface area contributed by atoms with Gasteiger partial charge >= 0.3 is 5.97 Å². The maximum atomic E-state index is 11.9. The Morgan fingerprint density at radius 2 is 1.65 bits per heavy atom. The molecule has 2 aromatic carbocycles. The molecule has 7 heteroatoms. The first-order valence-electron chi connectivity index (χ1n) is 8.57. The molecule has 136 valence electrons. The van der Waals surface area contributed by atoms with Gasteiger partial charge in [0.1, 0.15) is 6.61 Å². The van der Waals surface area contributed by atoms with Crippen LogP contribution in [0.15, 0.2) is 54.6 Å². The molecule has 0 radical (unpaired) electrons. The van der Waals surface area contributed by atoms with Crippen LogP contribution in [-0.2, 0) is 4.74 Å². The Balaban J connectivity index is 1.41. The fourth-order valence-corrected chi connectivity index (χ4v) is 2.94. The van der Waals surface area contributed by atoms with Crippen LogP contribution in [0.3, 0.4) is 0 Å². The lowest BCUT2D eigenvalue weighted by atomic mass is 10.2. The van der Waals surface area contributed by atoms with E-state index in [1.54, 1.807) is 24.3 Å². The summed E-state index contributed by atoms with van der Waals surface area (Å²) in [4.78, 5) is 26.7. The molecule has 1 aliphatic rings. The number of hydrogen-bond acceptors (Lipinski definition) is 6. The van der Waals surface area contributed by atoms with Gasteiger partial charge in [-0.25, -0.2) is 4.79 Å². The van der Waals surface area contributed by atoms with Crippen molar-refractivity contribution in [3.8, 4) is 0 Å². The molecular weight excluding hydrogens is 334 g/mol. The van der Waals surface area contributed by atoms with E-state index in [1.807, 2.05) is 18.2 Å². The van der Waals surface area contributed by atoms with Crippen LogP contribution in [0.5, 0.6) is 0 Å². The summed E-state index contributed by atoms with van der Waals surface area (Å²) >= 11 is 0. The standard InChI is InChI=1S/C19H21N3O4/c23-19(16-4-2-1-3-5-16)26-15-14-20-10-12-21(13-11-20)17-6-8-18(9-7-17)22(24)25/h1-9H,10-15H2. The number of nitro benzene ring substituents is 1. The molecule has 1 fully saturated rings. The Morgan fingerprint density at radius 3 is 2.27 bits per heavy atom. The number of esters is 1. The van der Waals surface area contributed by atoms with Crippen molar-refractivity contribution < 1.29 is 14.5 Å². The second-order valence-corrected chi connectivity index (χ2v) is 6.10. The summed E-state index contributed by atoms with van der Waals surface area (Å²) in [5.41, 5.74) is 1.66. The molecule has 0 atom stereocenters. The predicted octanol–water partition coefficient (Wildman–Crippen LogP) is 2.57. The first kappa shape index (κ1) is 17.9. The normalized spacial score (nSPS) is 14.8. The van der Waals surface area contributed by atoms with Crippen molar-refractivity contribution in [3.63, 3.8) is 0 Å². The first-order chi connectivity index (χ1) is 12.6. The number of rotatable bonds is 6. The molecule has 7 nitrogen and oxygen atoms in total. The monoisotopic (exact) mass is 355 g/mol. The molecule has 3 rings (SSSR count). The van der Waals surface area contributed by atoms with Gasteiger partial charge in [0.25, 0.3) is 5.69 Å². The van der Waals surface area contributed by atoms with Gasteiger partial charge in [-0.15, -0.1) is 0 Å². The zero-order valence-electron chi connectivity index (χ0n) is 14.4. The molecule has 1 heterocycles. The summed E-state index contributed by atoms with van der Waals surface area (Å²) < 4.78 is 5.32. The second-order valence-electron chi connectivity index (χ2n) is 6.10. The van der Waals surface area contributed by atoms with E-state index in [1.165, 1.54) is 12.1 Å². The highest BCUT2D eigenvalue weighted by atomic mass is 16.6. The maximum absolute atomic E-state index is 11.9. The average molecular weight is 355 g/mol. The largest absolute Gasteiger partial charge is 0.461 e. The third-order valence-electron chi connectivity index (χ3n) is 4.45. The van der Waals surface area contributed by atoms with Gasteiger partial charge in [0.05, 0.1) is 10.5 Å². The third kappa shape index (κ3) is 4.58. The molecule has 0 saturated carbocycles. The number of piperazine rings is 1. The Kier molecular flexibility index (Phi) is 5.80. The number of carbonyl (C=O) groups excluding carboxylic acids is 1. The van der Waals surface area contributed by atoms with E-state index in [0.29, 0.717) is 18.7 Å². The SMILES string of the molecule is O=C(OCCN1CCN(c2ccc([N+](=O)[O-])cc2)CC1)c1ccccc1. The number of carbonyl (C=O) groups is 1. The van der Waals surface area contributed by atoms with Crippen molar-refractivity contribution in [2.45, 2.75) is 0 Å². The molecular formula is C19H21N3O4. The van der Waals surface area contributed by atoms with Crippen LogP contribution >= 0.6 is 0 Å². The van der Waals surface area contributed by atoms with Crippen molar-refractivity contribution in [1.29, 1.82) is 0 Å². The number of nitro groups is 1. The van der Waals surface area contributed by atoms with Crippen LogP contribution in [0.2, 0.25) is 0 Å². The summed E-state index contributed by atoms with van der Waals surface area (Å²) in [7, 11) is 0. The van der Waals surface area contributed by atoms with Crippen LogP contribution in [0, 0.1) is 10.1 Å². The Morgan fingerprint density at radius 1 is 1.00 bits per heavy atom. The zero-order chi connectivity index (χ0) is 18.4. The van der Waals surface area contributed by atoms with Gasteiger partial charge in [0.15, 0.2) is 0 Å². The smallest absolute Gasteiger partial charge is 0.338 e. The van der Waals surface area contributed by atoms with E-state index in [2.05, 4.69) is 9.80 Å². The summed E-state index contributed by atoms with van der Waals surface area (Å²) in [6.45, 7) is 4.46. The molecule has 0 unspecified atom stereocenters. The molecule has 0 bridgehead atoms. The van der Waals surface area contributed by atoms with Crippen molar-refractivity contribution in [2.24, 2.45) is 0 Å². The van der Waals surface area contributed by atoms with Crippen molar-refractivity contribution in [1.82, 2.24) is 4.90 Å². The topological polar surface area (TPSA) is 75.9 Å². The van der Waals surface area contributed by atoms with E-state index in [4.69, 9.17) is 4.74 Å². The van der Waals surface area contributed by atoms with E-state index < -0.39 is 4.92 Å². The Hall–Kier alpha value is -2.93. The number of benzene rings is 2. The molecule has 26 heavy (non-hydrogen) atoms. The minimum Gasteiger partial charge on any atom is -0.461 e. The van der Waals surface area contributed by atoms with Gasteiger partial charge in [-0.05, 0) is 24.3 Å². The summed E-state index contributed by atoms with van der Waals surface area (Å²) in [6, 6.07) is 15.6. The lowest BCUT2D eigenvalue weighted by Gasteiger charge is -2.35. The number of hydrogen-bond donors (Lipinski definition) is 0. The fraction of sp³-hybridized carbons (Fsp3) is 0.316. The van der Waals surface area contributed by atoms with Crippen molar-refractivity contribution in [2.75, 3.05) is 44.2 Å². The molecule has 1 saturated heterocycles. The molecule has 2 aromatic rings. The lowest BCUT2D eigenvalue weighted by Crippen LogP contribution is -2.47. The zero-order valence-corrected chi connectivity index (χ0v) is 14.4. The molecule has 0 aliphatic carbocycles. The van der Waals surface area contributed by atoms with Crippen LogP contribution in [-0.4, -0.2) is 55.1 Å². The van der Waals surface area contributed by atoms with Gasteiger partial charge in [0.2, 0.25) is 0 Å². The summed E-state index contributed by atoms with van der Waals surface area (Å²) in [5.74, 6) is -0.296. The molecule has 0 amide bonds. The highest BCUT2D eigenvalue weighted by Gasteiger charge is 2.18. The Bertz CT molecular complexity index is 741. The third-order valence-corrected chi connectivity index (χ3v) is 4.45. The van der Waals surface area contributed by atoms with Crippen molar-refractivity contribution >= 4 is 17.3 Å². The Labute approximate surface area is 151 Å². The van der Waals surface area contributed by atoms with Gasteiger partial charge in [-0.2, -0.15) is 0 Å². The van der Waals surface area contributed by atoms with Crippen LogP contribution in [0.4, 0.5) is 11.4 Å². The molecule has 0 spiro atoms. The number of ether oxygens (including phenoxy) is 1. The highest BCUT2D eigenvalue weighted by Crippen LogP contribution is 2.20. The van der Waals surface area contributed by atoms with Gasteiger partial charge in [-0.3, -0.25) is 15.0 Å².